The van der Waals surface area contributed by atoms with Crippen LogP contribution in [0.1, 0.15) is 42.9 Å². The van der Waals surface area contributed by atoms with Crippen LogP contribution in [0.5, 0.6) is 5.75 Å². The number of fused-ring (bicyclic) bond motifs is 1. The highest BCUT2D eigenvalue weighted by atomic mass is 16.3. The number of phenols is 1. The normalized spacial score (nSPS) is 18.1. The molecule has 0 unspecified atom stereocenters. The lowest BCUT2D eigenvalue weighted by Gasteiger charge is -2.32. The van der Waals surface area contributed by atoms with Crippen molar-refractivity contribution in [3.8, 4) is 17.1 Å². The summed E-state index contributed by atoms with van der Waals surface area (Å²) in [6, 6.07) is 2.31. The highest BCUT2D eigenvalue weighted by Gasteiger charge is 2.25. The molecule has 3 N–H and O–H groups in total. The number of phenolic OH excluding ortho intramolecular Hbond substituents is 1. The molecule has 0 saturated carbocycles. The van der Waals surface area contributed by atoms with Crippen LogP contribution in [0.25, 0.3) is 11.4 Å². The van der Waals surface area contributed by atoms with Crippen LogP contribution in [-0.4, -0.2) is 62.0 Å². The van der Waals surface area contributed by atoms with E-state index in [-0.39, 0.29) is 29.6 Å². The number of hydrogen-bond acceptors (Lipinski definition) is 7. The molecule has 0 bridgehead atoms. The lowest BCUT2D eigenvalue weighted by atomic mass is 9.98. The van der Waals surface area contributed by atoms with Crippen molar-refractivity contribution in [3.05, 3.63) is 33.1 Å². The third kappa shape index (κ3) is 4.71. The molecule has 1 aromatic carbocycles. The molecule has 1 aliphatic carbocycles. The van der Waals surface area contributed by atoms with Gasteiger partial charge < -0.3 is 20.4 Å². The minimum Gasteiger partial charge on any atom is -0.507 e. The van der Waals surface area contributed by atoms with Gasteiger partial charge in [0, 0.05) is 19.6 Å². The summed E-state index contributed by atoms with van der Waals surface area (Å²) in [5.74, 6) is 0.954. The summed E-state index contributed by atoms with van der Waals surface area (Å²) in [4.78, 5) is 23.7. The average Bonchev–Trinajstić information content (AvgIpc) is 3.22. The molecule has 1 fully saturated rings. The standard InChI is InChI=1S/C21H29N5O2.CH2O2/c1-4-26-10-6-8-15(12-26)22-19-21(28)25(3)20(24-23-19)17-13(2)11-14-7-5-9-16(14)18(17)27;2-1-3/h11,15,27H,4-10,12H2,1-3H3,(H,22,23);1H,(H,2,3)/t15-;/m1./s1. The van der Waals surface area contributed by atoms with Gasteiger partial charge in [0.1, 0.15) is 5.75 Å². The van der Waals surface area contributed by atoms with Gasteiger partial charge in [-0.05, 0) is 68.8 Å². The van der Waals surface area contributed by atoms with Gasteiger partial charge in [-0.25, -0.2) is 0 Å². The lowest BCUT2D eigenvalue weighted by molar-refractivity contribution is -0.122. The molecule has 0 radical (unpaired) electrons. The van der Waals surface area contributed by atoms with Gasteiger partial charge in [-0.15, -0.1) is 10.2 Å². The molecule has 168 valence electrons. The van der Waals surface area contributed by atoms with Crippen LogP contribution in [0.3, 0.4) is 0 Å². The zero-order chi connectivity index (χ0) is 22.5. The molecule has 9 heteroatoms. The number of aromatic nitrogens is 3. The van der Waals surface area contributed by atoms with Crippen molar-refractivity contribution in [1.29, 1.82) is 0 Å². The van der Waals surface area contributed by atoms with Gasteiger partial charge in [0.15, 0.2) is 5.82 Å². The topological polar surface area (TPSA) is 121 Å². The number of carbonyl (C=O) groups is 1. The Bertz CT molecular complexity index is 1000. The van der Waals surface area contributed by atoms with Crippen LogP contribution in [0.4, 0.5) is 5.82 Å². The van der Waals surface area contributed by atoms with Crippen molar-refractivity contribution in [2.24, 2.45) is 7.05 Å². The highest BCUT2D eigenvalue weighted by molar-refractivity contribution is 5.72. The van der Waals surface area contributed by atoms with Crippen molar-refractivity contribution in [2.75, 3.05) is 25.0 Å². The second kappa shape index (κ2) is 9.91. The number of rotatable bonds is 4. The molecule has 31 heavy (non-hydrogen) atoms. The predicted molar refractivity (Wildman–Crippen MR) is 119 cm³/mol. The Morgan fingerprint density at radius 3 is 2.74 bits per heavy atom. The number of aromatic hydroxyl groups is 1. The lowest BCUT2D eigenvalue weighted by Crippen LogP contribution is -2.43. The smallest absolute Gasteiger partial charge is 0.296 e. The SMILES string of the molecule is CCN1CCC[C@@H](Nc2nnc(-c3c(C)cc4c(c3O)CCC4)n(C)c2=O)C1.O=CO. The number of anilines is 1. The quantitative estimate of drug-likeness (QED) is 0.631. The van der Waals surface area contributed by atoms with E-state index in [4.69, 9.17) is 9.90 Å². The molecule has 1 aromatic heterocycles. The molecule has 0 spiro atoms. The molecule has 0 amide bonds. The number of carboxylic acid groups (broad SMARTS) is 1. The Hall–Kier alpha value is -2.94. The second-order valence-corrected chi connectivity index (χ2v) is 8.13. The van der Waals surface area contributed by atoms with E-state index in [1.165, 1.54) is 10.1 Å². The zero-order valence-corrected chi connectivity index (χ0v) is 18.4. The summed E-state index contributed by atoms with van der Waals surface area (Å²) in [6.45, 7) is 6.88. The predicted octanol–water partition coefficient (Wildman–Crippen LogP) is 1.94. The van der Waals surface area contributed by atoms with Crippen LogP contribution >= 0.6 is 0 Å². The summed E-state index contributed by atoms with van der Waals surface area (Å²) in [5, 5.41) is 29.6. The molecular weight excluding hydrogens is 398 g/mol. The average molecular weight is 430 g/mol. The number of nitrogens with one attached hydrogen (secondary N) is 1. The van der Waals surface area contributed by atoms with Crippen LogP contribution in [0.15, 0.2) is 10.9 Å². The van der Waals surface area contributed by atoms with E-state index in [1.54, 1.807) is 7.05 Å². The number of hydrogen-bond donors (Lipinski definition) is 3. The van der Waals surface area contributed by atoms with E-state index in [0.717, 1.165) is 62.9 Å². The maximum atomic E-state index is 12.9. The van der Waals surface area contributed by atoms with Crippen molar-refractivity contribution < 1.29 is 15.0 Å². The molecule has 9 nitrogen and oxygen atoms in total. The summed E-state index contributed by atoms with van der Waals surface area (Å²) < 4.78 is 1.50. The molecule has 2 aromatic rings. The molecule has 2 heterocycles. The first-order chi connectivity index (χ1) is 14.9. The van der Waals surface area contributed by atoms with Gasteiger partial charge in [-0.3, -0.25) is 14.2 Å². The number of likely N-dealkylation sites (tertiary alicyclic amines) is 1. The largest absolute Gasteiger partial charge is 0.507 e. The second-order valence-electron chi connectivity index (χ2n) is 8.13. The van der Waals surface area contributed by atoms with E-state index in [0.29, 0.717) is 11.4 Å². The monoisotopic (exact) mass is 429 g/mol. The summed E-state index contributed by atoms with van der Waals surface area (Å²) in [5.41, 5.74) is 3.52. The highest BCUT2D eigenvalue weighted by Crippen LogP contribution is 2.39. The molecular formula is C22H31N5O4. The first-order valence-electron chi connectivity index (χ1n) is 10.8. The molecule has 1 saturated heterocycles. The molecule has 4 rings (SSSR count). The number of aryl methyl sites for hydroxylation is 2. The van der Waals surface area contributed by atoms with Crippen LogP contribution in [0.2, 0.25) is 0 Å². The van der Waals surface area contributed by atoms with Gasteiger partial charge in [-0.1, -0.05) is 13.0 Å². The van der Waals surface area contributed by atoms with E-state index >= 15 is 0 Å². The van der Waals surface area contributed by atoms with Gasteiger partial charge in [0.25, 0.3) is 12.0 Å². The van der Waals surface area contributed by atoms with Gasteiger partial charge >= 0.3 is 0 Å². The van der Waals surface area contributed by atoms with E-state index in [2.05, 4.69) is 33.4 Å². The van der Waals surface area contributed by atoms with Crippen molar-refractivity contribution in [2.45, 2.75) is 52.0 Å². The zero-order valence-electron chi connectivity index (χ0n) is 18.4. The summed E-state index contributed by atoms with van der Waals surface area (Å²) >= 11 is 0. The molecule has 1 aliphatic heterocycles. The Morgan fingerprint density at radius 2 is 2.03 bits per heavy atom. The maximum Gasteiger partial charge on any atom is 0.296 e. The first kappa shape index (κ1) is 22.7. The number of benzene rings is 1. The van der Waals surface area contributed by atoms with Crippen molar-refractivity contribution >= 4 is 12.3 Å². The van der Waals surface area contributed by atoms with Crippen LogP contribution < -0.4 is 10.9 Å². The van der Waals surface area contributed by atoms with Gasteiger partial charge in [0.2, 0.25) is 5.82 Å². The third-order valence-electron chi connectivity index (χ3n) is 6.16. The number of nitrogens with zero attached hydrogens (tertiary/aromatic N) is 4. The fraction of sp³-hybridized carbons (Fsp3) is 0.545. The Kier molecular flexibility index (Phi) is 7.27. The van der Waals surface area contributed by atoms with Gasteiger partial charge in [-0.2, -0.15) is 0 Å². The summed E-state index contributed by atoms with van der Waals surface area (Å²) in [7, 11) is 1.70. The minimum absolute atomic E-state index is 0.205. The van der Waals surface area contributed by atoms with E-state index < -0.39 is 0 Å². The van der Waals surface area contributed by atoms with E-state index in [1.807, 2.05) is 6.92 Å². The minimum atomic E-state index is -0.250. The van der Waals surface area contributed by atoms with Crippen molar-refractivity contribution in [1.82, 2.24) is 19.7 Å². The first-order valence-corrected chi connectivity index (χ1v) is 10.8. The number of likely N-dealkylation sites (N-methyl/N-ethyl adjacent to an activating group) is 1. The Labute approximate surface area is 181 Å². The van der Waals surface area contributed by atoms with Crippen molar-refractivity contribution in [3.63, 3.8) is 0 Å². The number of piperidine rings is 1. The summed E-state index contributed by atoms with van der Waals surface area (Å²) in [6.07, 6.45) is 5.04. The van der Waals surface area contributed by atoms with Crippen LogP contribution in [-0.2, 0) is 24.7 Å². The molecule has 2 aliphatic rings. The maximum absolute atomic E-state index is 12.9. The fourth-order valence-corrected chi connectivity index (χ4v) is 4.57. The van der Waals surface area contributed by atoms with E-state index in [9.17, 15) is 9.90 Å². The fourth-order valence-electron chi connectivity index (χ4n) is 4.57. The molecule has 1 atom stereocenters. The Morgan fingerprint density at radius 1 is 1.29 bits per heavy atom. The third-order valence-corrected chi connectivity index (χ3v) is 6.16. The van der Waals surface area contributed by atoms with Crippen LogP contribution in [0, 0.1) is 6.92 Å². The van der Waals surface area contributed by atoms with Gasteiger partial charge in [0.05, 0.1) is 5.56 Å². The Balaban J connectivity index is 0.000000858.